The quantitative estimate of drug-likeness (QED) is 0.886. The molecule has 0 atom stereocenters. The molecule has 5 heteroatoms. The number of nitrogens with zero attached hydrogens (tertiary/aromatic N) is 1. The summed E-state index contributed by atoms with van der Waals surface area (Å²) in [6.45, 7) is 9.20. The van der Waals surface area contributed by atoms with Crippen molar-refractivity contribution >= 4 is 11.6 Å². The first-order chi connectivity index (χ1) is 13.1. The average molecular weight is 378 g/mol. The number of methoxy groups -OCH3 is 1. The number of carbonyl (C=O) groups is 1. The highest BCUT2D eigenvalue weighted by Crippen LogP contribution is 2.49. The van der Waals surface area contributed by atoms with Gasteiger partial charge in [0.15, 0.2) is 11.5 Å². The lowest BCUT2D eigenvalue weighted by Gasteiger charge is -2.33. The van der Waals surface area contributed by atoms with Crippen LogP contribution in [0.2, 0.25) is 0 Å². The van der Waals surface area contributed by atoms with E-state index in [1.54, 1.807) is 13.2 Å². The first-order valence-corrected chi connectivity index (χ1v) is 9.51. The fourth-order valence-corrected chi connectivity index (χ4v) is 4.16. The second-order valence-electron chi connectivity index (χ2n) is 8.84. The third-order valence-corrected chi connectivity index (χ3v) is 5.56. The minimum absolute atomic E-state index is 0.130. The minimum atomic E-state index is -0.441. The maximum atomic E-state index is 11.7. The van der Waals surface area contributed by atoms with E-state index in [2.05, 4.69) is 33.8 Å². The van der Waals surface area contributed by atoms with Gasteiger partial charge in [0.2, 0.25) is 5.91 Å². The number of rotatable bonds is 3. The van der Waals surface area contributed by atoms with E-state index in [4.69, 9.17) is 20.2 Å². The summed E-state index contributed by atoms with van der Waals surface area (Å²) in [7, 11) is 1.68. The Labute approximate surface area is 165 Å². The van der Waals surface area contributed by atoms with Crippen molar-refractivity contribution in [3.05, 3.63) is 58.1 Å². The van der Waals surface area contributed by atoms with E-state index < -0.39 is 5.91 Å². The number of carbonyl (C=O) groups excluding carboxylic acids is 1. The summed E-state index contributed by atoms with van der Waals surface area (Å²) < 4.78 is 11.9. The zero-order chi connectivity index (χ0) is 20.3. The Morgan fingerprint density at radius 2 is 1.96 bits per heavy atom. The van der Waals surface area contributed by atoms with Crippen molar-refractivity contribution in [1.82, 2.24) is 0 Å². The van der Waals surface area contributed by atoms with Gasteiger partial charge in [-0.3, -0.25) is 9.79 Å². The maximum Gasteiger partial charge on any atom is 0.248 e. The smallest absolute Gasteiger partial charge is 0.248 e. The van der Waals surface area contributed by atoms with Gasteiger partial charge in [-0.1, -0.05) is 26.0 Å². The average Bonchev–Trinajstić information content (AvgIpc) is 2.96. The molecule has 0 unspecified atom stereocenters. The van der Waals surface area contributed by atoms with Crippen LogP contribution < -0.4 is 15.2 Å². The van der Waals surface area contributed by atoms with Crippen LogP contribution in [0, 0.1) is 0 Å². The van der Waals surface area contributed by atoms with Gasteiger partial charge in [-0.2, -0.15) is 0 Å². The third-order valence-electron chi connectivity index (χ3n) is 5.56. The SMILES string of the molecule is COc1cc2c(c3c1OC(C)(C)C3)C(c1cccc(C(N)=O)c1)=NCC2(C)C. The third kappa shape index (κ3) is 2.86. The molecule has 2 aliphatic heterocycles. The van der Waals surface area contributed by atoms with Gasteiger partial charge in [0, 0.05) is 40.6 Å². The molecular weight excluding hydrogens is 352 g/mol. The van der Waals surface area contributed by atoms with Crippen molar-refractivity contribution in [2.75, 3.05) is 13.7 Å². The Morgan fingerprint density at radius 1 is 1.21 bits per heavy atom. The van der Waals surface area contributed by atoms with E-state index in [0.29, 0.717) is 12.1 Å². The molecule has 1 amide bonds. The fourth-order valence-electron chi connectivity index (χ4n) is 4.16. The van der Waals surface area contributed by atoms with Gasteiger partial charge in [0.1, 0.15) is 5.60 Å². The number of primary amides is 1. The molecule has 146 valence electrons. The van der Waals surface area contributed by atoms with Gasteiger partial charge < -0.3 is 15.2 Å². The number of benzene rings is 2. The van der Waals surface area contributed by atoms with Crippen molar-refractivity contribution in [2.45, 2.75) is 45.1 Å². The number of ether oxygens (including phenoxy) is 2. The predicted molar refractivity (Wildman–Crippen MR) is 110 cm³/mol. The number of hydrogen-bond donors (Lipinski definition) is 1. The van der Waals surface area contributed by atoms with Crippen LogP contribution in [0.25, 0.3) is 0 Å². The van der Waals surface area contributed by atoms with Crippen LogP contribution in [0.15, 0.2) is 35.3 Å². The van der Waals surface area contributed by atoms with Crippen LogP contribution in [0.1, 0.15) is 60.3 Å². The number of hydrogen-bond acceptors (Lipinski definition) is 4. The van der Waals surface area contributed by atoms with E-state index in [1.807, 2.05) is 18.2 Å². The summed E-state index contributed by atoms with van der Waals surface area (Å²) in [5, 5.41) is 0. The van der Waals surface area contributed by atoms with E-state index in [0.717, 1.165) is 40.3 Å². The Hall–Kier alpha value is -2.82. The molecule has 0 aliphatic carbocycles. The fraction of sp³-hybridized carbons (Fsp3) is 0.391. The molecule has 2 aromatic carbocycles. The number of amides is 1. The maximum absolute atomic E-state index is 11.7. The molecule has 0 radical (unpaired) electrons. The zero-order valence-corrected chi connectivity index (χ0v) is 17.1. The highest BCUT2D eigenvalue weighted by molar-refractivity contribution is 6.16. The molecule has 0 saturated carbocycles. The molecule has 2 N–H and O–H groups in total. The summed E-state index contributed by atoms with van der Waals surface area (Å²) in [5.74, 6) is 1.12. The predicted octanol–water partition coefficient (Wildman–Crippen LogP) is 3.64. The number of aliphatic imine (C=N–C) groups is 1. The monoisotopic (exact) mass is 378 g/mol. The molecule has 2 heterocycles. The van der Waals surface area contributed by atoms with Gasteiger partial charge in [0.25, 0.3) is 0 Å². The van der Waals surface area contributed by atoms with Crippen molar-refractivity contribution in [2.24, 2.45) is 10.7 Å². The van der Waals surface area contributed by atoms with Crippen LogP contribution in [0.5, 0.6) is 11.5 Å². The lowest BCUT2D eigenvalue weighted by atomic mass is 9.75. The number of fused-ring (bicyclic) bond motifs is 3. The lowest BCUT2D eigenvalue weighted by Crippen LogP contribution is -2.31. The summed E-state index contributed by atoms with van der Waals surface area (Å²) in [6, 6.07) is 9.46. The first kappa shape index (κ1) is 18.5. The number of nitrogens with two attached hydrogens (primary N) is 1. The molecule has 5 nitrogen and oxygen atoms in total. The standard InChI is InChI=1S/C23H26N2O3/c1-22(2)12-25-19(13-7-6-8-14(9-13)21(24)26)18-15-11-23(3,4)28-20(15)17(27-5)10-16(18)22/h6-10H,11-12H2,1-5H3,(H2,24,26). The molecule has 0 aromatic heterocycles. The molecule has 28 heavy (non-hydrogen) atoms. The summed E-state index contributed by atoms with van der Waals surface area (Å²) in [4.78, 5) is 16.6. The molecule has 0 spiro atoms. The van der Waals surface area contributed by atoms with Gasteiger partial charge in [-0.05, 0) is 37.6 Å². The highest BCUT2D eigenvalue weighted by atomic mass is 16.5. The lowest BCUT2D eigenvalue weighted by molar-refractivity contribution is 0.1000. The van der Waals surface area contributed by atoms with Crippen LogP contribution >= 0.6 is 0 Å². The minimum Gasteiger partial charge on any atom is -0.493 e. The van der Waals surface area contributed by atoms with E-state index >= 15 is 0 Å². The normalized spacial score (nSPS) is 18.5. The molecule has 2 aromatic rings. The van der Waals surface area contributed by atoms with Gasteiger partial charge in [-0.15, -0.1) is 0 Å². The first-order valence-electron chi connectivity index (χ1n) is 9.51. The van der Waals surface area contributed by atoms with Crippen molar-refractivity contribution in [3.8, 4) is 11.5 Å². The molecule has 0 bridgehead atoms. The molecule has 0 saturated heterocycles. The Bertz CT molecular complexity index is 1020. The van der Waals surface area contributed by atoms with Gasteiger partial charge >= 0.3 is 0 Å². The molecule has 4 rings (SSSR count). The van der Waals surface area contributed by atoms with Gasteiger partial charge in [0.05, 0.1) is 12.8 Å². The second kappa shape index (κ2) is 6.09. The molecular formula is C23H26N2O3. The van der Waals surface area contributed by atoms with Crippen molar-refractivity contribution in [1.29, 1.82) is 0 Å². The topological polar surface area (TPSA) is 73.9 Å². The highest BCUT2D eigenvalue weighted by Gasteiger charge is 2.41. The summed E-state index contributed by atoms with van der Waals surface area (Å²) >= 11 is 0. The molecule has 2 aliphatic rings. The van der Waals surface area contributed by atoms with Crippen molar-refractivity contribution < 1.29 is 14.3 Å². The van der Waals surface area contributed by atoms with E-state index in [9.17, 15) is 4.79 Å². The second-order valence-corrected chi connectivity index (χ2v) is 8.84. The van der Waals surface area contributed by atoms with E-state index in [1.165, 1.54) is 5.56 Å². The Balaban J connectivity index is 1.99. The molecule has 0 fully saturated rings. The summed E-state index contributed by atoms with van der Waals surface area (Å²) in [6.07, 6.45) is 0.770. The van der Waals surface area contributed by atoms with Gasteiger partial charge in [-0.25, -0.2) is 0 Å². The summed E-state index contributed by atoms with van der Waals surface area (Å²) in [5.41, 5.74) is 10.7. The van der Waals surface area contributed by atoms with Crippen LogP contribution in [-0.4, -0.2) is 30.9 Å². The largest absolute Gasteiger partial charge is 0.493 e. The van der Waals surface area contributed by atoms with Crippen molar-refractivity contribution in [3.63, 3.8) is 0 Å². The Morgan fingerprint density at radius 3 is 2.64 bits per heavy atom. The Kier molecular flexibility index (Phi) is 4.03. The van der Waals surface area contributed by atoms with Crippen LogP contribution in [0.3, 0.4) is 0 Å². The zero-order valence-electron chi connectivity index (χ0n) is 17.1. The van der Waals surface area contributed by atoms with Crippen LogP contribution in [-0.2, 0) is 11.8 Å². The van der Waals surface area contributed by atoms with E-state index in [-0.39, 0.29) is 11.0 Å². The van der Waals surface area contributed by atoms with Crippen LogP contribution in [0.4, 0.5) is 0 Å².